The quantitative estimate of drug-likeness (QED) is 0.597. The highest BCUT2D eigenvalue weighted by Crippen LogP contribution is 2.17. The molecule has 0 unspecified atom stereocenters. The number of carbonyl (C=O) groups is 2. The molecule has 9 heteroatoms. The molecule has 0 aliphatic carbocycles. The van der Waals surface area contributed by atoms with E-state index in [0.29, 0.717) is 5.92 Å². The lowest BCUT2D eigenvalue weighted by molar-refractivity contribution is -0.140. The van der Waals surface area contributed by atoms with E-state index in [1.807, 2.05) is 13.8 Å². The van der Waals surface area contributed by atoms with Gasteiger partial charge in [-0.1, -0.05) is 25.2 Å². The molecule has 0 bridgehead atoms. The Balaban J connectivity index is 2.52. The summed E-state index contributed by atoms with van der Waals surface area (Å²) in [7, 11) is 0. The van der Waals surface area contributed by atoms with Crippen LogP contribution >= 0.6 is 11.3 Å². The molecule has 1 aromatic heterocycles. The predicted octanol–water partition coefficient (Wildman–Crippen LogP) is 0.304. The number of carboxylic acids is 1. The van der Waals surface area contributed by atoms with Crippen molar-refractivity contribution in [1.82, 2.24) is 15.5 Å². The van der Waals surface area contributed by atoms with Gasteiger partial charge in [-0.05, 0) is 5.92 Å². The molecular weight excluding hydrogens is 272 g/mol. The Morgan fingerprint density at radius 2 is 2.05 bits per heavy atom. The molecule has 1 rings (SSSR count). The van der Waals surface area contributed by atoms with E-state index in [1.165, 1.54) is 11.3 Å². The molecule has 106 valence electrons. The van der Waals surface area contributed by atoms with Gasteiger partial charge in [-0.3, -0.25) is 5.32 Å². The number of nitrogens with zero attached hydrogens (tertiary/aromatic N) is 2. The molecule has 0 aliphatic heterocycles. The third kappa shape index (κ3) is 5.18. The van der Waals surface area contributed by atoms with Crippen LogP contribution < -0.4 is 10.6 Å². The number of aliphatic hydroxyl groups is 1. The summed E-state index contributed by atoms with van der Waals surface area (Å²) in [5.41, 5.74) is 0. The Bertz CT molecular complexity index is 448. The lowest BCUT2D eigenvalue weighted by Gasteiger charge is -2.10. The predicted molar refractivity (Wildman–Crippen MR) is 69.1 cm³/mol. The third-order valence-electron chi connectivity index (χ3n) is 2.06. The Labute approximate surface area is 113 Å². The summed E-state index contributed by atoms with van der Waals surface area (Å²) in [4.78, 5) is 22.1. The molecule has 1 aromatic rings. The van der Waals surface area contributed by atoms with E-state index >= 15 is 0 Å². The smallest absolute Gasteiger partial charge is 0.328 e. The standard InChI is InChI=1S/C10H16N4O4S/c1-5(2)3-7-13-14-10(19-7)12-9(18)11-6(4-15)8(16)17/h5-6,15H,3-4H2,1-2H3,(H,16,17)(H2,11,12,14,18)/t6-/m1/s1. The van der Waals surface area contributed by atoms with Crippen LogP contribution in [0.25, 0.3) is 0 Å². The van der Waals surface area contributed by atoms with Gasteiger partial charge in [0.15, 0.2) is 6.04 Å². The molecule has 0 saturated carbocycles. The number of urea groups is 1. The van der Waals surface area contributed by atoms with Crippen molar-refractivity contribution in [1.29, 1.82) is 0 Å². The Morgan fingerprint density at radius 1 is 1.37 bits per heavy atom. The zero-order valence-corrected chi connectivity index (χ0v) is 11.4. The number of amides is 2. The number of rotatable bonds is 6. The second-order valence-corrected chi connectivity index (χ2v) is 5.33. The Morgan fingerprint density at radius 3 is 2.58 bits per heavy atom. The molecule has 0 aromatic carbocycles. The van der Waals surface area contributed by atoms with Crippen LogP contribution in [0.2, 0.25) is 0 Å². The number of aliphatic hydroxyl groups excluding tert-OH is 1. The van der Waals surface area contributed by atoms with Gasteiger partial charge in [0, 0.05) is 6.42 Å². The van der Waals surface area contributed by atoms with Crippen molar-refractivity contribution in [2.24, 2.45) is 5.92 Å². The number of nitrogens with one attached hydrogen (secondary N) is 2. The van der Waals surface area contributed by atoms with Crippen molar-refractivity contribution in [3.63, 3.8) is 0 Å². The summed E-state index contributed by atoms with van der Waals surface area (Å²) >= 11 is 1.23. The average molecular weight is 288 g/mol. The fourth-order valence-corrected chi connectivity index (χ4v) is 2.16. The summed E-state index contributed by atoms with van der Waals surface area (Å²) in [6.45, 7) is 3.40. The first-order valence-corrected chi connectivity index (χ1v) is 6.47. The van der Waals surface area contributed by atoms with Crippen LogP contribution in [-0.4, -0.2) is 45.1 Å². The zero-order valence-electron chi connectivity index (χ0n) is 10.6. The summed E-state index contributed by atoms with van der Waals surface area (Å²) in [5, 5.41) is 30.7. The Kier molecular flexibility index (Phi) is 5.64. The van der Waals surface area contributed by atoms with Gasteiger partial charge in [0.2, 0.25) is 5.13 Å². The largest absolute Gasteiger partial charge is 0.480 e. The molecule has 4 N–H and O–H groups in total. The van der Waals surface area contributed by atoms with Gasteiger partial charge in [0.25, 0.3) is 0 Å². The van der Waals surface area contributed by atoms with Crippen LogP contribution in [0.15, 0.2) is 0 Å². The van der Waals surface area contributed by atoms with Gasteiger partial charge in [0.1, 0.15) is 5.01 Å². The molecule has 0 saturated heterocycles. The van der Waals surface area contributed by atoms with E-state index in [2.05, 4.69) is 20.8 Å². The van der Waals surface area contributed by atoms with Gasteiger partial charge in [-0.2, -0.15) is 0 Å². The van der Waals surface area contributed by atoms with Crippen molar-refractivity contribution in [3.8, 4) is 0 Å². The zero-order chi connectivity index (χ0) is 14.4. The number of aliphatic carboxylic acids is 1. The number of anilines is 1. The van der Waals surface area contributed by atoms with E-state index in [0.717, 1.165) is 11.4 Å². The minimum atomic E-state index is -1.34. The van der Waals surface area contributed by atoms with Crippen molar-refractivity contribution in [2.45, 2.75) is 26.3 Å². The SMILES string of the molecule is CC(C)Cc1nnc(NC(=O)N[C@H](CO)C(=O)O)s1. The van der Waals surface area contributed by atoms with E-state index < -0.39 is 24.6 Å². The Hall–Kier alpha value is -1.74. The maximum Gasteiger partial charge on any atom is 0.328 e. The number of aromatic nitrogens is 2. The molecule has 8 nitrogen and oxygen atoms in total. The lowest BCUT2D eigenvalue weighted by Crippen LogP contribution is -2.45. The van der Waals surface area contributed by atoms with Crippen LogP contribution in [0.5, 0.6) is 0 Å². The minimum absolute atomic E-state index is 0.287. The van der Waals surface area contributed by atoms with Crippen molar-refractivity contribution < 1.29 is 19.8 Å². The van der Waals surface area contributed by atoms with E-state index in [1.54, 1.807) is 0 Å². The van der Waals surface area contributed by atoms with Gasteiger partial charge in [0.05, 0.1) is 6.61 Å². The maximum atomic E-state index is 11.5. The molecule has 0 radical (unpaired) electrons. The number of carboxylic acid groups (broad SMARTS) is 1. The summed E-state index contributed by atoms with van der Waals surface area (Å²) in [6, 6.07) is -2.09. The monoisotopic (exact) mass is 288 g/mol. The van der Waals surface area contributed by atoms with E-state index in [4.69, 9.17) is 10.2 Å². The molecule has 0 fully saturated rings. The number of hydrogen-bond donors (Lipinski definition) is 4. The molecule has 0 spiro atoms. The molecule has 1 heterocycles. The summed E-state index contributed by atoms with van der Waals surface area (Å²) in [6.07, 6.45) is 0.759. The van der Waals surface area contributed by atoms with Crippen LogP contribution in [0.3, 0.4) is 0 Å². The lowest BCUT2D eigenvalue weighted by atomic mass is 10.1. The van der Waals surface area contributed by atoms with E-state index in [9.17, 15) is 9.59 Å². The first-order valence-electron chi connectivity index (χ1n) is 5.66. The second kappa shape index (κ2) is 7.00. The van der Waals surface area contributed by atoms with Crippen molar-refractivity contribution in [2.75, 3.05) is 11.9 Å². The fraction of sp³-hybridized carbons (Fsp3) is 0.600. The van der Waals surface area contributed by atoms with Crippen molar-refractivity contribution >= 4 is 28.5 Å². The summed E-state index contributed by atoms with van der Waals surface area (Å²) in [5.74, 6) is -0.879. The van der Waals surface area contributed by atoms with Gasteiger partial charge in [-0.25, -0.2) is 9.59 Å². The van der Waals surface area contributed by atoms with Gasteiger partial charge < -0.3 is 15.5 Å². The number of carbonyl (C=O) groups excluding carboxylic acids is 1. The fourth-order valence-electron chi connectivity index (χ4n) is 1.21. The highest BCUT2D eigenvalue weighted by Gasteiger charge is 2.19. The summed E-state index contributed by atoms with van der Waals surface area (Å²) < 4.78 is 0. The minimum Gasteiger partial charge on any atom is -0.480 e. The molecular formula is C10H16N4O4S. The highest BCUT2D eigenvalue weighted by molar-refractivity contribution is 7.15. The highest BCUT2D eigenvalue weighted by atomic mass is 32.1. The maximum absolute atomic E-state index is 11.5. The normalized spacial score (nSPS) is 12.2. The van der Waals surface area contributed by atoms with Crippen LogP contribution in [0.1, 0.15) is 18.9 Å². The molecule has 1 atom stereocenters. The second-order valence-electron chi connectivity index (χ2n) is 4.27. The molecule has 2 amide bonds. The van der Waals surface area contributed by atoms with Crippen LogP contribution in [0, 0.1) is 5.92 Å². The molecule has 19 heavy (non-hydrogen) atoms. The third-order valence-corrected chi connectivity index (χ3v) is 2.92. The van der Waals surface area contributed by atoms with Gasteiger partial charge in [-0.15, -0.1) is 10.2 Å². The topological polar surface area (TPSA) is 124 Å². The first-order chi connectivity index (χ1) is 8.92. The average Bonchev–Trinajstić information content (AvgIpc) is 2.71. The van der Waals surface area contributed by atoms with Crippen LogP contribution in [0.4, 0.5) is 9.93 Å². The molecule has 0 aliphatic rings. The van der Waals surface area contributed by atoms with Crippen molar-refractivity contribution in [3.05, 3.63) is 5.01 Å². The first kappa shape index (κ1) is 15.3. The van der Waals surface area contributed by atoms with Crippen LogP contribution in [-0.2, 0) is 11.2 Å². The number of hydrogen-bond acceptors (Lipinski definition) is 6. The van der Waals surface area contributed by atoms with E-state index in [-0.39, 0.29) is 5.13 Å². The van der Waals surface area contributed by atoms with Gasteiger partial charge >= 0.3 is 12.0 Å².